The first-order valence-electron chi connectivity index (χ1n) is 7.74. The largest absolute Gasteiger partial charge is 0.481 e. The van der Waals surface area contributed by atoms with E-state index in [1.165, 1.54) is 0 Å². The summed E-state index contributed by atoms with van der Waals surface area (Å²) in [7, 11) is 0. The predicted molar refractivity (Wildman–Crippen MR) is 86.4 cm³/mol. The maximum atomic E-state index is 12.5. The number of anilines is 1. The minimum Gasteiger partial charge on any atom is -0.481 e. The number of hydrogen-bond donors (Lipinski definition) is 2. The third-order valence-electron chi connectivity index (χ3n) is 4.12. The van der Waals surface area contributed by atoms with Crippen molar-refractivity contribution in [3.05, 3.63) is 52.5 Å². The van der Waals surface area contributed by atoms with Crippen LogP contribution in [0.25, 0.3) is 0 Å². The number of carbonyl (C=O) groups is 3. The average Bonchev–Trinajstić information content (AvgIpc) is 2.87. The summed E-state index contributed by atoms with van der Waals surface area (Å²) in [5, 5.41) is 11.6. The minimum atomic E-state index is -0.980. The quantitative estimate of drug-likeness (QED) is 0.900. The fraction of sp³-hybridized carbons (Fsp3) is 0.278. The van der Waals surface area contributed by atoms with E-state index in [9.17, 15) is 14.4 Å². The molecule has 6 heteroatoms. The summed E-state index contributed by atoms with van der Waals surface area (Å²) in [6.45, 7) is 1.70. The number of carboxylic acid groups (broad SMARTS) is 1. The molecular weight excluding hydrogens is 310 g/mol. The Morgan fingerprint density at radius 1 is 1.25 bits per heavy atom. The lowest BCUT2D eigenvalue weighted by molar-refractivity contribution is -0.136. The fourth-order valence-corrected chi connectivity index (χ4v) is 3.00. The van der Waals surface area contributed by atoms with Crippen molar-refractivity contribution < 1.29 is 23.9 Å². The number of Topliss-reactive ketones (excluding diaryl/α,β-unsaturated/α-hetero) is 1. The van der Waals surface area contributed by atoms with Gasteiger partial charge in [-0.1, -0.05) is 18.2 Å². The monoisotopic (exact) mass is 327 g/mol. The van der Waals surface area contributed by atoms with Gasteiger partial charge < -0.3 is 14.8 Å². The van der Waals surface area contributed by atoms with Crippen LogP contribution in [-0.2, 0) is 17.6 Å². The molecule has 1 aliphatic rings. The van der Waals surface area contributed by atoms with Crippen LogP contribution >= 0.6 is 0 Å². The highest BCUT2D eigenvalue weighted by Crippen LogP contribution is 2.30. The van der Waals surface area contributed by atoms with Gasteiger partial charge in [0.2, 0.25) is 0 Å². The van der Waals surface area contributed by atoms with Crippen LogP contribution < -0.4 is 5.32 Å². The van der Waals surface area contributed by atoms with Crippen molar-refractivity contribution in [2.24, 2.45) is 0 Å². The number of para-hydroxylation sites is 1. The molecule has 0 saturated carbocycles. The third kappa shape index (κ3) is 2.95. The summed E-state index contributed by atoms with van der Waals surface area (Å²) >= 11 is 0. The van der Waals surface area contributed by atoms with Crippen molar-refractivity contribution in [1.29, 1.82) is 0 Å². The first kappa shape index (κ1) is 16.0. The molecule has 1 aliphatic carbocycles. The molecule has 0 unspecified atom stereocenters. The van der Waals surface area contributed by atoms with Crippen molar-refractivity contribution in [1.82, 2.24) is 0 Å². The van der Waals surface area contributed by atoms with Crippen molar-refractivity contribution in [3.8, 4) is 0 Å². The molecule has 0 saturated heterocycles. The molecule has 1 aromatic heterocycles. The summed E-state index contributed by atoms with van der Waals surface area (Å²) in [5.41, 5.74) is 1.99. The molecule has 124 valence electrons. The molecule has 0 radical (unpaired) electrons. The average molecular weight is 327 g/mol. The van der Waals surface area contributed by atoms with Gasteiger partial charge in [-0.25, -0.2) is 0 Å². The number of furan rings is 1. The molecule has 2 aromatic rings. The molecule has 1 amide bonds. The second kappa shape index (κ2) is 6.31. The van der Waals surface area contributed by atoms with Crippen LogP contribution in [0.5, 0.6) is 0 Å². The van der Waals surface area contributed by atoms with Gasteiger partial charge >= 0.3 is 5.97 Å². The number of hydrogen-bond acceptors (Lipinski definition) is 4. The number of aryl methyl sites for hydroxylation is 1. The van der Waals surface area contributed by atoms with Gasteiger partial charge in [0.05, 0.1) is 12.0 Å². The lowest BCUT2D eigenvalue weighted by atomic mass is 9.94. The minimum absolute atomic E-state index is 0.00262. The predicted octanol–water partition coefficient (Wildman–Crippen LogP) is 2.99. The van der Waals surface area contributed by atoms with E-state index in [0.717, 1.165) is 6.42 Å². The Morgan fingerprint density at radius 3 is 2.71 bits per heavy atom. The van der Waals surface area contributed by atoms with Crippen LogP contribution in [0, 0.1) is 6.92 Å². The Kier molecular flexibility index (Phi) is 4.20. The molecule has 3 rings (SSSR count). The van der Waals surface area contributed by atoms with Gasteiger partial charge in [-0.15, -0.1) is 0 Å². The molecule has 1 heterocycles. The number of ketones is 1. The second-order valence-electron chi connectivity index (χ2n) is 5.81. The molecule has 1 aromatic carbocycles. The Hall–Kier alpha value is -2.89. The summed E-state index contributed by atoms with van der Waals surface area (Å²) in [6.07, 6.45) is 1.64. The molecule has 24 heavy (non-hydrogen) atoms. The summed E-state index contributed by atoms with van der Waals surface area (Å²) in [6, 6.07) is 6.71. The van der Waals surface area contributed by atoms with Crippen LogP contribution in [0.15, 0.2) is 28.7 Å². The van der Waals surface area contributed by atoms with Crippen molar-refractivity contribution in [3.63, 3.8) is 0 Å². The Balaban J connectivity index is 1.89. The number of amides is 1. The highest BCUT2D eigenvalue weighted by molar-refractivity contribution is 6.07. The van der Waals surface area contributed by atoms with Gasteiger partial charge in [-0.2, -0.15) is 0 Å². The van der Waals surface area contributed by atoms with Crippen LogP contribution in [0.4, 0.5) is 5.69 Å². The molecule has 2 N–H and O–H groups in total. The molecule has 0 spiro atoms. The zero-order chi connectivity index (χ0) is 17.3. The number of benzene rings is 1. The summed E-state index contributed by atoms with van der Waals surface area (Å²) < 4.78 is 5.61. The first-order chi connectivity index (χ1) is 11.5. The molecule has 0 atom stereocenters. The van der Waals surface area contributed by atoms with Gasteiger partial charge in [0.1, 0.15) is 5.76 Å². The second-order valence-corrected chi connectivity index (χ2v) is 5.81. The maximum Gasteiger partial charge on any atom is 0.307 e. The lowest BCUT2D eigenvalue weighted by Crippen LogP contribution is -2.15. The van der Waals surface area contributed by atoms with Crippen molar-refractivity contribution in [2.75, 3.05) is 5.32 Å². The molecule has 6 nitrogen and oxygen atoms in total. The van der Waals surface area contributed by atoms with E-state index in [1.54, 1.807) is 31.2 Å². The first-order valence-corrected chi connectivity index (χ1v) is 7.74. The Bertz CT molecular complexity index is 834. The Morgan fingerprint density at radius 2 is 2.00 bits per heavy atom. The van der Waals surface area contributed by atoms with Gasteiger partial charge in [-0.05, 0) is 25.0 Å². The van der Waals surface area contributed by atoms with E-state index in [4.69, 9.17) is 9.52 Å². The zero-order valence-electron chi connectivity index (χ0n) is 13.2. The summed E-state index contributed by atoms with van der Waals surface area (Å²) in [5.74, 6) is -0.782. The number of rotatable bonds is 4. The van der Waals surface area contributed by atoms with Crippen LogP contribution in [0.3, 0.4) is 0 Å². The highest BCUT2D eigenvalue weighted by atomic mass is 16.4. The van der Waals surface area contributed by atoms with Gasteiger partial charge in [-0.3, -0.25) is 14.4 Å². The molecule has 0 fully saturated rings. The topological polar surface area (TPSA) is 96.6 Å². The molecule has 0 bridgehead atoms. The smallest absolute Gasteiger partial charge is 0.307 e. The number of carboxylic acids is 1. The zero-order valence-corrected chi connectivity index (χ0v) is 13.2. The normalized spacial score (nSPS) is 13.5. The third-order valence-corrected chi connectivity index (χ3v) is 4.12. The van der Waals surface area contributed by atoms with E-state index < -0.39 is 11.9 Å². The van der Waals surface area contributed by atoms with Crippen LogP contribution in [-0.4, -0.2) is 22.8 Å². The van der Waals surface area contributed by atoms with E-state index >= 15 is 0 Å². The Labute approximate surface area is 138 Å². The van der Waals surface area contributed by atoms with Gasteiger partial charge in [0.25, 0.3) is 5.91 Å². The van der Waals surface area contributed by atoms with E-state index in [2.05, 4.69) is 5.32 Å². The van der Waals surface area contributed by atoms with E-state index in [1.807, 2.05) is 0 Å². The number of nitrogens with one attached hydrogen (secondary N) is 1. The van der Waals surface area contributed by atoms with Crippen molar-refractivity contribution >= 4 is 23.3 Å². The standard InChI is InChI=1S/C18H17NO5/c1-10-16-13(20)7-4-8-14(16)24-17(10)18(23)19-12-6-3-2-5-11(12)9-15(21)22/h2-3,5-6H,4,7-9H2,1H3,(H,19,23)(H,21,22). The van der Waals surface area contributed by atoms with Gasteiger partial charge in [0, 0.05) is 24.1 Å². The fourth-order valence-electron chi connectivity index (χ4n) is 3.00. The van der Waals surface area contributed by atoms with Crippen LogP contribution in [0.1, 0.15) is 50.6 Å². The van der Waals surface area contributed by atoms with Crippen LogP contribution in [0.2, 0.25) is 0 Å². The summed E-state index contributed by atoms with van der Waals surface area (Å²) in [4.78, 5) is 35.5. The number of carbonyl (C=O) groups excluding carboxylic acids is 2. The number of fused-ring (bicyclic) bond motifs is 1. The van der Waals surface area contributed by atoms with E-state index in [0.29, 0.717) is 41.0 Å². The molecular formula is C18H17NO5. The molecule has 0 aliphatic heterocycles. The van der Waals surface area contributed by atoms with Gasteiger partial charge in [0.15, 0.2) is 11.5 Å². The highest BCUT2D eigenvalue weighted by Gasteiger charge is 2.29. The SMILES string of the molecule is Cc1c(C(=O)Nc2ccccc2CC(=O)O)oc2c1C(=O)CCC2. The van der Waals surface area contributed by atoms with E-state index in [-0.39, 0.29) is 18.0 Å². The number of aliphatic carboxylic acids is 1. The maximum absolute atomic E-state index is 12.5. The lowest BCUT2D eigenvalue weighted by Gasteiger charge is -2.09. The van der Waals surface area contributed by atoms with Crippen molar-refractivity contribution in [2.45, 2.75) is 32.6 Å².